The molecule has 0 atom stereocenters. The summed E-state index contributed by atoms with van der Waals surface area (Å²) in [6.07, 6.45) is 2.02. The molecule has 0 radical (unpaired) electrons. The van der Waals surface area contributed by atoms with Crippen LogP contribution >= 0.6 is 34.8 Å². The van der Waals surface area contributed by atoms with Gasteiger partial charge in [-0.2, -0.15) is 0 Å². The first-order valence-corrected chi connectivity index (χ1v) is 6.37. The Labute approximate surface area is 120 Å². The fourth-order valence-electron chi connectivity index (χ4n) is 1.46. The maximum absolute atomic E-state index is 5.98. The Morgan fingerprint density at radius 3 is 2.33 bits per heavy atom. The van der Waals surface area contributed by atoms with E-state index in [1.165, 1.54) is 6.33 Å². The highest BCUT2D eigenvalue weighted by molar-refractivity contribution is 6.34. The fraction of sp³-hybridized carbons (Fsp3) is 0.167. The number of hydrogen-bond acceptors (Lipinski definition) is 3. The van der Waals surface area contributed by atoms with Crippen molar-refractivity contribution in [2.75, 3.05) is 0 Å². The van der Waals surface area contributed by atoms with Gasteiger partial charge in [-0.15, -0.1) is 0 Å². The molecule has 0 bridgehead atoms. The minimum Gasteiger partial charge on any atom is -0.438 e. The van der Waals surface area contributed by atoms with Crippen molar-refractivity contribution in [3.8, 4) is 11.6 Å². The molecule has 2 rings (SSSR count). The van der Waals surface area contributed by atoms with Crippen LogP contribution in [0.4, 0.5) is 0 Å². The lowest BCUT2D eigenvalue weighted by molar-refractivity contribution is 0.455. The molecular weight excluding hydrogens is 295 g/mol. The SMILES string of the molecule is CCc1c(Cl)ncnc1Oc1cc(Cl)cc(Cl)c1. The largest absolute Gasteiger partial charge is 0.438 e. The van der Waals surface area contributed by atoms with E-state index in [4.69, 9.17) is 39.5 Å². The molecule has 0 aliphatic carbocycles. The van der Waals surface area contributed by atoms with Gasteiger partial charge in [-0.05, 0) is 24.6 Å². The summed E-state index contributed by atoms with van der Waals surface area (Å²) in [6, 6.07) is 4.94. The van der Waals surface area contributed by atoms with Gasteiger partial charge in [0.15, 0.2) is 0 Å². The predicted molar refractivity (Wildman–Crippen MR) is 73.0 cm³/mol. The summed E-state index contributed by atoms with van der Waals surface area (Å²) in [6.45, 7) is 1.95. The molecule has 0 unspecified atom stereocenters. The molecule has 0 amide bonds. The second kappa shape index (κ2) is 5.74. The van der Waals surface area contributed by atoms with E-state index in [1.54, 1.807) is 18.2 Å². The van der Waals surface area contributed by atoms with Crippen LogP contribution in [0.5, 0.6) is 11.6 Å². The number of rotatable bonds is 3. The summed E-state index contributed by atoms with van der Waals surface area (Å²) in [5, 5.41) is 1.38. The van der Waals surface area contributed by atoms with Gasteiger partial charge in [0.2, 0.25) is 5.88 Å². The summed E-state index contributed by atoms with van der Waals surface area (Å²) in [4.78, 5) is 7.97. The van der Waals surface area contributed by atoms with Crippen LogP contribution in [0, 0.1) is 0 Å². The lowest BCUT2D eigenvalue weighted by atomic mass is 10.2. The Kier molecular flexibility index (Phi) is 4.27. The van der Waals surface area contributed by atoms with E-state index in [-0.39, 0.29) is 0 Å². The van der Waals surface area contributed by atoms with E-state index < -0.39 is 0 Å². The van der Waals surface area contributed by atoms with E-state index in [0.29, 0.717) is 33.2 Å². The van der Waals surface area contributed by atoms with Crippen LogP contribution in [0.3, 0.4) is 0 Å². The molecule has 1 heterocycles. The molecule has 0 aliphatic heterocycles. The van der Waals surface area contributed by atoms with Crippen molar-refractivity contribution in [3.63, 3.8) is 0 Å². The van der Waals surface area contributed by atoms with Gasteiger partial charge in [-0.25, -0.2) is 9.97 Å². The van der Waals surface area contributed by atoms with E-state index >= 15 is 0 Å². The van der Waals surface area contributed by atoms with Crippen LogP contribution in [0.2, 0.25) is 15.2 Å². The fourth-order valence-corrected chi connectivity index (χ4v) is 2.22. The summed E-state index contributed by atoms with van der Waals surface area (Å²) in [7, 11) is 0. The van der Waals surface area contributed by atoms with E-state index in [0.717, 1.165) is 5.56 Å². The monoisotopic (exact) mass is 302 g/mol. The van der Waals surface area contributed by atoms with Crippen LogP contribution in [-0.2, 0) is 6.42 Å². The summed E-state index contributed by atoms with van der Waals surface area (Å²) in [5.74, 6) is 0.924. The molecule has 94 valence electrons. The standard InChI is InChI=1S/C12H9Cl3N2O/c1-2-10-11(15)16-6-17-12(10)18-9-4-7(13)3-8(14)5-9/h3-6H,2H2,1H3. The lowest BCUT2D eigenvalue weighted by Gasteiger charge is -2.09. The zero-order valence-corrected chi connectivity index (χ0v) is 11.7. The normalized spacial score (nSPS) is 10.4. The minimum atomic E-state index is 0.385. The molecule has 0 saturated carbocycles. The number of aromatic nitrogens is 2. The van der Waals surface area contributed by atoms with Gasteiger partial charge < -0.3 is 4.74 Å². The van der Waals surface area contributed by atoms with Crippen molar-refractivity contribution >= 4 is 34.8 Å². The molecule has 0 saturated heterocycles. The Morgan fingerprint density at radius 1 is 1.06 bits per heavy atom. The number of benzene rings is 1. The van der Waals surface area contributed by atoms with Crippen molar-refractivity contribution in [1.29, 1.82) is 0 Å². The maximum Gasteiger partial charge on any atom is 0.226 e. The first-order valence-electron chi connectivity index (χ1n) is 5.23. The van der Waals surface area contributed by atoms with Crippen molar-refractivity contribution in [3.05, 3.63) is 45.3 Å². The third-order valence-electron chi connectivity index (χ3n) is 2.26. The number of hydrogen-bond donors (Lipinski definition) is 0. The number of ether oxygens (including phenoxy) is 1. The molecule has 2 aromatic rings. The van der Waals surface area contributed by atoms with Crippen LogP contribution in [0.15, 0.2) is 24.5 Å². The molecule has 1 aromatic heterocycles. The maximum atomic E-state index is 5.98. The minimum absolute atomic E-state index is 0.385. The number of halogens is 3. The second-order valence-electron chi connectivity index (χ2n) is 3.51. The summed E-state index contributed by atoms with van der Waals surface area (Å²) >= 11 is 17.8. The molecule has 6 heteroatoms. The summed E-state index contributed by atoms with van der Waals surface area (Å²) < 4.78 is 5.64. The van der Waals surface area contributed by atoms with Crippen molar-refractivity contribution in [2.45, 2.75) is 13.3 Å². The van der Waals surface area contributed by atoms with Gasteiger partial charge in [-0.3, -0.25) is 0 Å². The highest BCUT2D eigenvalue weighted by atomic mass is 35.5. The molecular formula is C12H9Cl3N2O. The molecule has 18 heavy (non-hydrogen) atoms. The van der Waals surface area contributed by atoms with E-state index in [9.17, 15) is 0 Å². The van der Waals surface area contributed by atoms with Crippen LogP contribution in [0.25, 0.3) is 0 Å². The number of nitrogens with zero attached hydrogens (tertiary/aromatic N) is 2. The molecule has 0 fully saturated rings. The van der Waals surface area contributed by atoms with Gasteiger partial charge in [0, 0.05) is 10.0 Å². The van der Waals surface area contributed by atoms with Crippen LogP contribution < -0.4 is 4.74 Å². The third-order valence-corrected chi connectivity index (χ3v) is 3.02. The van der Waals surface area contributed by atoms with Gasteiger partial charge >= 0.3 is 0 Å². The van der Waals surface area contributed by atoms with Crippen molar-refractivity contribution in [2.24, 2.45) is 0 Å². The zero-order chi connectivity index (χ0) is 13.1. The van der Waals surface area contributed by atoms with Gasteiger partial charge in [0.05, 0.1) is 5.56 Å². The van der Waals surface area contributed by atoms with Gasteiger partial charge in [-0.1, -0.05) is 41.7 Å². The molecule has 1 aromatic carbocycles. The third kappa shape index (κ3) is 3.05. The average molecular weight is 304 g/mol. The Bertz CT molecular complexity index is 555. The first-order chi connectivity index (χ1) is 8.60. The molecule has 0 N–H and O–H groups in total. The summed E-state index contributed by atoms with van der Waals surface area (Å²) in [5.41, 5.74) is 0.746. The Balaban J connectivity index is 2.36. The van der Waals surface area contributed by atoms with Crippen molar-refractivity contribution in [1.82, 2.24) is 9.97 Å². The highest BCUT2D eigenvalue weighted by Crippen LogP contribution is 2.30. The zero-order valence-electron chi connectivity index (χ0n) is 9.45. The van der Waals surface area contributed by atoms with E-state index in [2.05, 4.69) is 9.97 Å². The first kappa shape index (κ1) is 13.4. The molecule has 0 aliphatic rings. The topological polar surface area (TPSA) is 35.0 Å². The Morgan fingerprint density at radius 2 is 1.72 bits per heavy atom. The Hall–Kier alpha value is -1.03. The lowest BCUT2D eigenvalue weighted by Crippen LogP contribution is -1.96. The van der Waals surface area contributed by atoms with Gasteiger partial charge in [0.25, 0.3) is 0 Å². The molecule has 3 nitrogen and oxygen atoms in total. The van der Waals surface area contributed by atoms with Gasteiger partial charge in [0.1, 0.15) is 17.2 Å². The second-order valence-corrected chi connectivity index (χ2v) is 4.74. The van der Waals surface area contributed by atoms with Crippen LogP contribution in [-0.4, -0.2) is 9.97 Å². The smallest absolute Gasteiger partial charge is 0.226 e. The average Bonchev–Trinajstić information content (AvgIpc) is 2.27. The molecule has 0 spiro atoms. The van der Waals surface area contributed by atoms with Crippen LogP contribution in [0.1, 0.15) is 12.5 Å². The predicted octanol–water partition coefficient (Wildman–Crippen LogP) is 4.79. The van der Waals surface area contributed by atoms with E-state index in [1.807, 2.05) is 6.92 Å². The highest BCUT2D eigenvalue weighted by Gasteiger charge is 2.10. The van der Waals surface area contributed by atoms with Crippen molar-refractivity contribution < 1.29 is 4.74 Å². The quantitative estimate of drug-likeness (QED) is 0.765.